The molecule has 26 heavy (non-hydrogen) atoms. The number of carbonyl (C=O) groups is 1. The van der Waals surface area contributed by atoms with E-state index in [1.165, 1.54) is 12.0 Å². The number of morpholine rings is 1. The topological polar surface area (TPSA) is 65.4 Å². The fourth-order valence-electron chi connectivity index (χ4n) is 3.58. The maximum atomic E-state index is 12.5. The van der Waals surface area contributed by atoms with Gasteiger partial charge in [0.25, 0.3) is 5.91 Å². The van der Waals surface area contributed by atoms with Crippen LogP contribution in [0.15, 0.2) is 35.4 Å². The van der Waals surface area contributed by atoms with E-state index in [9.17, 15) is 10.1 Å². The number of benzene rings is 1. The fourth-order valence-corrected chi connectivity index (χ4v) is 3.58. The van der Waals surface area contributed by atoms with Gasteiger partial charge in [-0.25, -0.2) is 0 Å². The summed E-state index contributed by atoms with van der Waals surface area (Å²) in [5.41, 5.74) is 3.31. The van der Waals surface area contributed by atoms with E-state index in [4.69, 9.17) is 4.74 Å². The van der Waals surface area contributed by atoms with Gasteiger partial charge in [0.1, 0.15) is 11.6 Å². The molecule has 1 saturated carbocycles. The summed E-state index contributed by atoms with van der Waals surface area (Å²) in [5, 5.41) is 12.3. The highest BCUT2D eigenvalue weighted by Crippen LogP contribution is 2.26. The molecule has 1 heterocycles. The van der Waals surface area contributed by atoms with Gasteiger partial charge in [-0.05, 0) is 55.4 Å². The summed E-state index contributed by atoms with van der Waals surface area (Å²) in [6, 6.07) is 10.1. The second-order valence-corrected chi connectivity index (χ2v) is 7.01. The normalized spacial score (nSPS) is 18.2. The van der Waals surface area contributed by atoms with Gasteiger partial charge in [-0.2, -0.15) is 5.26 Å². The minimum absolute atomic E-state index is 0.273. The standard InChI is InChI=1S/C21H27N3O2/c22-16-20(18-4-2-1-3-5-18)21(25)23-19-8-6-17(7-9-19)10-11-24-12-14-26-15-13-24/h6-9H,1-5,10-15H2,(H,23,25). The number of nitrogens with zero attached hydrogens (tertiary/aromatic N) is 2. The molecule has 1 N–H and O–H groups in total. The van der Waals surface area contributed by atoms with Crippen molar-refractivity contribution in [2.24, 2.45) is 0 Å². The Morgan fingerprint density at radius 2 is 1.81 bits per heavy atom. The molecule has 0 unspecified atom stereocenters. The van der Waals surface area contributed by atoms with Crippen LogP contribution in [0, 0.1) is 11.3 Å². The van der Waals surface area contributed by atoms with Gasteiger partial charge in [0, 0.05) is 25.3 Å². The van der Waals surface area contributed by atoms with E-state index in [2.05, 4.69) is 28.4 Å². The zero-order valence-corrected chi connectivity index (χ0v) is 15.3. The minimum atomic E-state index is -0.273. The Kier molecular flexibility index (Phi) is 6.82. The molecule has 0 atom stereocenters. The van der Waals surface area contributed by atoms with Crippen molar-refractivity contribution in [3.8, 4) is 6.07 Å². The van der Waals surface area contributed by atoms with Crippen LogP contribution in [0.5, 0.6) is 0 Å². The Morgan fingerprint density at radius 3 is 2.46 bits per heavy atom. The molecule has 1 aromatic carbocycles. The number of amides is 1. The molecule has 2 fully saturated rings. The van der Waals surface area contributed by atoms with Crippen LogP contribution < -0.4 is 5.32 Å². The van der Waals surface area contributed by atoms with Crippen molar-refractivity contribution >= 4 is 11.6 Å². The van der Waals surface area contributed by atoms with Crippen LogP contribution in [0.4, 0.5) is 5.69 Å². The zero-order valence-electron chi connectivity index (χ0n) is 15.3. The smallest absolute Gasteiger partial charge is 0.266 e. The van der Waals surface area contributed by atoms with Gasteiger partial charge in [-0.15, -0.1) is 0 Å². The van der Waals surface area contributed by atoms with Crippen molar-refractivity contribution in [1.29, 1.82) is 5.26 Å². The molecular weight excluding hydrogens is 326 g/mol. The lowest BCUT2D eigenvalue weighted by Crippen LogP contribution is -2.37. The largest absolute Gasteiger partial charge is 0.379 e. The number of anilines is 1. The van der Waals surface area contributed by atoms with Crippen molar-refractivity contribution in [1.82, 2.24) is 4.90 Å². The van der Waals surface area contributed by atoms with Gasteiger partial charge >= 0.3 is 0 Å². The number of hydrogen-bond donors (Lipinski definition) is 1. The van der Waals surface area contributed by atoms with Crippen LogP contribution in [0.2, 0.25) is 0 Å². The van der Waals surface area contributed by atoms with Gasteiger partial charge in [0.2, 0.25) is 0 Å². The number of ether oxygens (including phenoxy) is 1. The molecule has 1 aliphatic heterocycles. The van der Waals surface area contributed by atoms with Crippen molar-refractivity contribution in [2.75, 3.05) is 38.2 Å². The van der Waals surface area contributed by atoms with Crippen LogP contribution in [0.1, 0.15) is 37.7 Å². The molecule has 1 aliphatic carbocycles. The molecule has 0 aromatic heterocycles. The molecule has 5 nitrogen and oxygen atoms in total. The van der Waals surface area contributed by atoms with Crippen LogP contribution in [-0.2, 0) is 16.0 Å². The maximum Gasteiger partial charge on any atom is 0.266 e. The lowest BCUT2D eigenvalue weighted by molar-refractivity contribution is -0.112. The van der Waals surface area contributed by atoms with E-state index < -0.39 is 0 Å². The molecule has 3 rings (SSSR count). The lowest BCUT2D eigenvalue weighted by atomic mass is 9.91. The first-order valence-corrected chi connectivity index (χ1v) is 9.59. The third kappa shape index (κ3) is 5.17. The number of hydrogen-bond acceptors (Lipinski definition) is 4. The average Bonchev–Trinajstić information content (AvgIpc) is 2.70. The third-order valence-electron chi connectivity index (χ3n) is 5.18. The van der Waals surface area contributed by atoms with Crippen LogP contribution in [0.25, 0.3) is 0 Å². The number of rotatable bonds is 5. The SMILES string of the molecule is N#CC(C(=O)Nc1ccc(CCN2CCOCC2)cc1)=C1CCCCC1. The first-order valence-electron chi connectivity index (χ1n) is 9.59. The summed E-state index contributed by atoms with van der Waals surface area (Å²) >= 11 is 0. The molecule has 1 amide bonds. The lowest BCUT2D eigenvalue weighted by Gasteiger charge is -2.26. The fraction of sp³-hybridized carbons (Fsp3) is 0.524. The average molecular weight is 353 g/mol. The van der Waals surface area contributed by atoms with Gasteiger partial charge < -0.3 is 10.1 Å². The predicted molar refractivity (Wildman–Crippen MR) is 102 cm³/mol. The first-order chi connectivity index (χ1) is 12.8. The second kappa shape index (κ2) is 9.51. The Morgan fingerprint density at radius 1 is 1.12 bits per heavy atom. The number of allylic oxidation sites excluding steroid dienone is 1. The molecule has 0 radical (unpaired) electrons. The van der Waals surface area contributed by atoms with Gasteiger partial charge in [0.15, 0.2) is 0 Å². The summed E-state index contributed by atoms with van der Waals surface area (Å²) in [7, 11) is 0. The Balaban J connectivity index is 1.54. The van der Waals surface area contributed by atoms with Gasteiger partial charge in [0.05, 0.1) is 13.2 Å². The van der Waals surface area contributed by atoms with Crippen molar-refractivity contribution < 1.29 is 9.53 Å². The monoisotopic (exact) mass is 353 g/mol. The molecular formula is C21H27N3O2. The van der Waals surface area contributed by atoms with Crippen LogP contribution in [0.3, 0.4) is 0 Å². The second-order valence-electron chi connectivity index (χ2n) is 7.01. The number of carbonyl (C=O) groups excluding carboxylic acids is 1. The molecule has 0 bridgehead atoms. The Labute approximate surface area is 155 Å². The van der Waals surface area contributed by atoms with E-state index in [1.54, 1.807) is 0 Å². The third-order valence-corrected chi connectivity index (χ3v) is 5.18. The van der Waals surface area contributed by atoms with E-state index >= 15 is 0 Å². The summed E-state index contributed by atoms with van der Waals surface area (Å²) in [4.78, 5) is 14.9. The quantitative estimate of drug-likeness (QED) is 0.652. The highest BCUT2D eigenvalue weighted by Gasteiger charge is 2.17. The highest BCUT2D eigenvalue weighted by atomic mass is 16.5. The van der Waals surface area contributed by atoms with E-state index in [-0.39, 0.29) is 5.91 Å². The van der Waals surface area contributed by atoms with E-state index in [1.807, 2.05) is 12.1 Å². The summed E-state index contributed by atoms with van der Waals surface area (Å²) in [6.07, 6.45) is 6.07. The van der Waals surface area contributed by atoms with Crippen LogP contribution >= 0.6 is 0 Å². The first kappa shape index (κ1) is 18.6. The minimum Gasteiger partial charge on any atom is -0.379 e. The van der Waals surface area contributed by atoms with Gasteiger partial charge in [-0.3, -0.25) is 9.69 Å². The zero-order chi connectivity index (χ0) is 18.2. The molecule has 5 heteroatoms. The van der Waals surface area contributed by atoms with Crippen LogP contribution in [-0.4, -0.2) is 43.7 Å². The predicted octanol–water partition coefficient (Wildman–Crippen LogP) is 3.28. The molecule has 2 aliphatic rings. The highest BCUT2D eigenvalue weighted by molar-refractivity contribution is 6.07. The number of nitrogens with one attached hydrogen (secondary N) is 1. The summed E-state index contributed by atoms with van der Waals surface area (Å²) in [6.45, 7) is 4.67. The van der Waals surface area contributed by atoms with Gasteiger partial charge in [-0.1, -0.05) is 18.6 Å². The Bertz CT molecular complexity index is 674. The van der Waals surface area contributed by atoms with Crippen molar-refractivity contribution in [3.63, 3.8) is 0 Å². The summed E-state index contributed by atoms with van der Waals surface area (Å²) < 4.78 is 5.37. The maximum absolute atomic E-state index is 12.5. The van der Waals surface area contributed by atoms with E-state index in [0.717, 1.165) is 76.2 Å². The molecule has 138 valence electrons. The van der Waals surface area contributed by atoms with Crippen molar-refractivity contribution in [3.05, 3.63) is 41.0 Å². The summed E-state index contributed by atoms with van der Waals surface area (Å²) in [5.74, 6) is -0.273. The van der Waals surface area contributed by atoms with Crippen molar-refractivity contribution in [2.45, 2.75) is 38.5 Å². The number of nitriles is 1. The Hall–Kier alpha value is -2.16. The molecule has 0 spiro atoms. The molecule has 1 saturated heterocycles. The van der Waals surface area contributed by atoms with E-state index in [0.29, 0.717) is 5.57 Å². The molecule has 1 aromatic rings.